The van der Waals surface area contributed by atoms with Crippen LogP contribution >= 0.6 is 0 Å². The maximum absolute atomic E-state index is 3.52. The molecule has 0 saturated carbocycles. The minimum Gasteiger partial charge on any atom is -0.381 e. The summed E-state index contributed by atoms with van der Waals surface area (Å²) in [5.74, 6) is 0. The zero-order valence-electron chi connectivity index (χ0n) is 11.1. The van der Waals surface area contributed by atoms with E-state index in [0.29, 0.717) is 0 Å². The van der Waals surface area contributed by atoms with Crippen molar-refractivity contribution in [2.45, 2.75) is 13.5 Å². The summed E-state index contributed by atoms with van der Waals surface area (Å²) >= 11 is 0. The van der Waals surface area contributed by atoms with Gasteiger partial charge < -0.3 is 5.32 Å². The first kappa shape index (κ1) is 11.8. The molecule has 0 atom stereocenters. The quantitative estimate of drug-likeness (QED) is 0.703. The second-order valence-corrected chi connectivity index (χ2v) is 4.81. The van der Waals surface area contributed by atoms with Gasteiger partial charge in [0.2, 0.25) is 0 Å². The SMILES string of the molecule is Cc1ccccc1NCc1cccc2ccccc12. The molecule has 94 valence electrons. The van der Waals surface area contributed by atoms with Crippen LogP contribution in [0.5, 0.6) is 0 Å². The van der Waals surface area contributed by atoms with Crippen LogP contribution < -0.4 is 5.32 Å². The van der Waals surface area contributed by atoms with Crippen molar-refractivity contribution in [2.75, 3.05) is 5.32 Å². The molecule has 0 unspecified atom stereocenters. The Morgan fingerprint density at radius 2 is 1.53 bits per heavy atom. The van der Waals surface area contributed by atoms with E-state index in [1.54, 1.807) is 0 Å². The van der Waals surface area contributed by atoms with Crippen molar-refractivity contribution in [1.82, 2.24) is 0 Å². The molecule has 0 bridgehead atoms. The highest BCUT2D eigenvalue weighted by Crippen LogP contribution is 2.20. The molecule has 0 aliphatic rings. The molecule has 0 amide bonds. The first-order valence-corrected chi connectivity index (χ1v) is 6.61. The summed E-state index contributed by atoms with van der Waals surface area (Å²) in [4.78, 5) is 0. The zero-order valence-corrected chi connectivity index (χ0v) is 11.1. The number of anilines is 1. The lowest BCUT2D eigenvalue weighted by atomic mass is 10.0. The third-order valence-electron chi connectivity index (χ3n) is 3.49. The van der Waals surface area contributed by atoms with E-state index in [-0.39, 0.29) is 0 Å². The molecule has 0 spiro atoms. The molecule has 0 aliphatic heterocycles. The number of aryl methyl sites for hydroxylation is 1. The Balaban J connectivity index is 1.88. The Labute approximate surface area is 113 Å². The van der Waals surface area contributed by atoms with Gasteiger partial charge in [-0.25, -0.2) is 0 Å². The molecule has 3 rings (SSSR count). The Morgan fingerprint density at radius 1 is 0.789 bits per heavy atom. The van der Waals surface area contributed by atoms with Crippen molar-refractivity contribution >= 4 is 16.5 Å². The summed E-state index contributed by atoms with van der Waals surface area (Å²) in [7, 11) is 0. The molecule has 0 heterocycles. The Bertz CT molecular complexity index is 695. The summed E-state index contributed by atoms with van der Waals surface area (Å²) in [5, 5.41) is 6.14. The van der Waals surface area contributed by atoms with Crippen molar-refractivity contribution in [3.8, 4) is 0 Å². The van der Waals surface area contributed by atoms with Crippen molar-refractivity contribution in [3.05, 3.63) is 77.9 Å². The average Bonchev–Trinajstić information content (AvgIpc) is 2.46. The van der Waals surface area contributed by atoms with Gasteiger partial charge in [-0.2, -0.15) is 0 Å². The maximum Gasteiger partial charge on any atom is 0.0407 e. The van der Waals surface area contributed by atoms with E-state index < -0.39 is 0 Å². The minimum absolute atomic E-state index is 0.853. The maximum atomic E-state index is 3.52. The fourth-order valence-electron chi connectivity index (χ4n) is 2.41. The van der Waals surface area contributed by atoms with Gasteiger partial charge in [0, 0.05) is 12.2 Å². The van der Waals surface area contributed by atoms with Gasteiger partial charge in [-0.3, -0.25) is 0 Å². The summed E-state index contributed by atoms with van der Waals surface area (Å²) in [6.45, 7) is 2.98. The van der Waals surface area contributed by atoms with E-state index in [1.807, 2.05) is 0 Å². The van der Waals surface area contributed by atoms with Crippen LogP contribution in [0.3, 0.4) is 0 Å². The first-order valence-electron chi connectivity index (χ1n) is 6.61. The third kappa shape index (κ3) is 2.45. The van der Waals surface area contributed by atoms with Gasteiger partial charge in [0.25, 0.3) is 0 Å². The van der Waals surface area contributed by atoms with Gasteiger partial charge in [-0.15, -0.1) is 0 Å². The number of para-hydroxylation sites is 1. The van der Waals surface area contributed by atoms with Crippen molar-refractivity contribution in [1.29, 1.82) is 0 Å². The highest BCUT2D eigenvalue weighted by atomic mass is 14.9. The fourth-order valence-corrected chi connectivity index (χ4v) is 2.41. The predicted molar refractivity (Wildman–Crippen MR) is 82.5 cm³/mol. The molecule has 19 heavy (non-hydrogen) atoms. The van der Waals surface area contributed by atoms with Crippen LogP contribution in [0.15, 0.2) is 66.7 Å². The topological polar surface area (TPSA) is 12.0 Å². The van der Waals surface area contributed by atoms with Crippen LogP contribution in [0.25, 0.3) is 10.8 Å². The van der Waals surface area contributed by atoms with Gasteiger partial charge in [0.1, 0.15) is 0 Å². The fraction of sp³-hybridized carbons (Fsp3) is 0.111. The summed E-state index contributed by atoms with van der Waals surface area (Å²) in [6.07, 6.45) is 0. The number of benzene rings is 3. The molecule has 0 saturated heterocycles. The molecular weight excluding hydrogens is 230 g/mol. The molecule has 0 radical (unpaired) electrons. The van der Waals surface area contributed by atoms with Crippen molar-refractivity contribution in [3.63, 3.8) is 0 Å². The van der Waals surface area contributed by atoms with Gasteiger partial charge in [0.15, 0.2) is 0 Å². The van der Waals surface area contributed by atoms with Crippen LogP contribution in [-0.2, 0) is 6.54 Å². The highest BCUT2D eigenvalue weighted by Gasteiger charge is 2.01. The second kappa shape index (κ2) is 5.15. The van der Waals surface area contributed by atoms with Crippen molar-refractivity contribution in [2.24, 2.45) is 0 Å². The minimum atomic E-state index is 0.853. The van der Waals surface area contributed by atoms with Gasteiger partial charge in [-0.1, -0.05) is 60.7 Å². The van der Waals surface area contributed by atoms with Gasteiger partial charge >= 0.3 is 0 Å². The molecule has 3 aromatic carbocycles. The molecule has 1 nitrogen and oxygen atoms in total. The van der Waals surface area contributed by atoms with E-state index in [2.05, 4.69) is 79.0 Å². The largest absolute Gasteiger partial charge is 0.381 e. The van der Waals surface area contributed by atoms with Crippen molar-refractivity contribution < 1.29 is 0 Å². The number of fused-ring (bicyclic) bond motifs is 1. The molecule has 0 aliphatic carbocycles. The Morgan fingerprint density at radius 3 is 2.42 bits per heavy atom. The molecule has 1 heteroatoms. The standard InChI is InChI=1S/C18H17N/c1-14-7-2-5-12-18(14)19-13-16-10-6-9-15-8-3-4-11-17(15)16/h2-12,19H,13H2,1H3. The van der Waals surface area contributed by atoms with E-state index >= 15 is 0 Å². The first-order chi connectivity index (χ1) is 9.34. The summed E-state index contributed by atoms with van der Waals surface area (Å²) in [5.41, 5.74) is 3.82. The van der Waals surface area contributed by atoms with E-state index in [0.717, 1.165) is 6.54 Å². The monoisotopic (exact) mass is 247 g/mol. The number of nitrogens with one attached hydrogen (secondary N) is 1. The molecular formula is C18H17N. The average molecular weight is 247 g/mol. The second-order valence-electron chi connectivity index (χ2n) is 4.81. The third-order valence-corrected chi connectivity index (χ3v) is 3.49. The zero-order chi connectivity index (χ0) is 13.1. The molecule has 0 aromatic heterocycles. The molecule has 3 aromatic rings. The van der Waals surface area contributed by atoms with E-state index in [9.17, 15) is 0 Å². The summed E-state index contributed by atoms with van der Waals surface area (Å²) in [6, 6.07) is 23.4. The Kier molecular flexibility index (Phi) is 3.20. The van der Waals surface area contributed by atoms with Crippen LogP contribution in [0.2, 0.25) is 0 Å². The normalized spacial score (nSPS) is 10.6. The lowest BCUT2D eigenvalue weighted by molar-refractivity contribution is 1.16. The van der Waals surface area contributed by atoms with E-state index in [1.165, 1.54) is 27.6 Å². The van der Waals surface area contributed by atoms with E-state index in [4.69, 9.17) is 0 Å². The lowest BCUT2D eigenvalue weighted by Crippen LogP contribution is -2.01. The van der Waals surface area contributed by atoms with Crippen LogP contribution in [0.4, 0.5) is 5.69 Å². The van der Waals surface area contributed by atoms with Gasteiger partial charge in [-0.05, 0) is 34.9 Å². The number of rotatable bonds is 3. The number of hydrogen-bond donors (Lipinski definition) is 1. The highest BCUT2D eigenvalue weighted by molar-refractivity contribution is 5.85. The van der Waals surface area contributed by atoms with Crippen LogP contribution in [0, 0.1) is 6.92 Å². The van der Waals surface area contributed by atoms with Crippen LogP contribution in [-0.4, -0.2) is 0 Å². The van der Waals surface area contributed by atoms with Crippen LogP contribution in [0.1, 0.15) is 11.1 Å². The lowest BCUT2D eigenvalue weighted by Gasteiger charge is -2.11. The molecule has 0 fully saturated rings. The summed E-state index contributed by atoms with van der Waals surface area (Å²) < 4.78 is 0. The molecule has 1 N–H and O–H groups in total. The number of hydrogen-bond acceptors (Lipinski definition) is 1. The smallest absolute Gasteiger partial charge is 0.0407 e. The predicted octanol–water partition coefficient (Wildman–Crippen LogP) is 4.76. The van der Waals surface area contributed by atoms with Gasteiger partial charge in [0.05, 0.1) is 0 Å². The Hall–Kier alpha value is -2.28.